The van der Waals surface area contributed by atoms with Gasteiger partial charge >= 0.3 is 5.69 Å². The second-order valence-electron chi connectivity index (χ2n) is 3.72. The van der Waals surface area contributed by atoms with Gasteiger partial charge in [-0.15, -0.1) is 0 Å². The Morgan fingerprint density at radius 2 is 1.72 bits per heavy atom. The number of rotatable bonds is 1. The average molecular weight is 263 g/mol. The quantitative estimate of drug-likeness (QED) is 0.616. The Balaban J connectivity index is 2.25. The first-order valence-corrected chi connectivity index (χ1v) is 5.49. The molecule has 0 saturated carbocycles. The number of hydrogen-bond donors (Lipinski definition) is 3. The second-order valence-corrected chi connectivity index (χ2v) is 4.16. The number of imidazole rings is 1. The molecule has 6 nitrogen and oxygen atoms in total. The van der Waals surface area contributed by atoms with Crippen molar-refractivity contribution >= 4 is 22.8 Å². The summed E-state index contributed by atoms with van der Waals surface area (Å²) in [5, 5.41) is 0.612. The molecule has 2 heterocycles. The SMILES string of the molecule is O=c1[nH]c(=O)c2[nH]c(-c3ccc(Cl)cc3)nc2[nH]1. The normalized spacial score (nSPS) is 10.9. The number of aromatic amines is 3. The van der Waals surface area contributed by atoms with Gasteiger partial charge in [-0.05, 0) is 24.3 Å². The van der Waals surface area contributed by atoms with Crippen LogP contribution in [0, 0.1) is 0 Å². The molecule has 0 bridgehead atoms. The van der Waals surface area contributed by atoms with Crippen LogP contribution in [0.1, 0.15) is 0 Å². The summed E-state index contributed by atoms with van der Waals surface area (Å²) in [6.45, 7) is 0. The molecule has 3 N–H and O–H groups in total. The molecule has 0 aliphatic rings. The van der Waals surface area contributed by atoms with E-state index < -0.39 is 11.2 Å². The predicted molar refractivity (Wildman–Crippen MR) is 67.8 cm³/mol. The Hall–Kier alpha value is -2.34. The van der Waals surface area contributed by atoms with E-state index in [-0.39, 0.29) is 11.2 Å². The lowest BCUT2D eigenvalue weighted by atomic mass is 10.2. The molecule has 0 amide bonds. The van der Waals surface area contributed by atoms with E-state index in [4.69, 9.17) is 11.6 Å². The highest BCUT2D eigenvalue weighted by Gasteiger charge is 2.08. The lowest BCUT2D eigenvalue weighted by Gasteiger charge is -1.95. The summed E-state index contributed by atoms with van der Waals surface area (Å²) in [5.74, 6) is 0.494. The molecule has 3 aromatic rings. The van der Waals surface area contributed by atoms with Gasteiger partial charge in [-0.25, -0.2) is 9.78 Å². The molecule has 0 unspecified atom stereocenters. The molecule has 18 heavy (non-hydrogen) atoms. The summed E-state index contributed by atoms with van der Waals surface area (Å²) in [6, 6.07) is 6.98. The van der Waals surface area contributed by atoms with Gasteiger partial charge in [-0.3, -0.25) is 14.8 Å². The Bertz CT molecular complexity index is 829. The molecule has 2 aromatic heterocycles. The van der Waals surface area contributed by atoms with Crippen molar-refractivity contribution in [1.29, 1.82) is 0 Å². The molecule has 0 fully saturated rings. The molecule has 1 aromatic carbocycles. The number of halogens is 1. The molecule has 0 spiro atoms. The summed E-state index contributed by atoms with van der Waals surface area (Å²) in [5.41, 5.74) is 0.159. The van der Waals surface area contributed by atoms with Crippen LogP contribution in [0.4, 0.5) is 0 Å². The summed E-state index contributed by atoms with van der Waals surface area (Å²) in [6.07, 6.45) is 0. The lowest BCUT2D eigenvalue weighted by molar-refractivity contribution is 1.07. The molecule has 3 rings (SSSR count). The number of aromatic nitrogens is 4. The predicted octanol–water partition coefficient (Wildman–Crippen LogP) is 1.26. The van der Waals surface area contributed by atoms with Crippen LogP contribution in [0.2, 0.25) is 5.02 Å². The minimum atomic E-state index is -0.582. The third-order valence-electron chi connectivity index (χ3n) is 2.51. The second kappa shape index (κ2) is 3.85. The number of nitrogens with one attached hydrogen (secondary N) is 3. The number of fused-ring (bicyclic) bond motifs is 1. The number of benzene rings is 1. The van der Waals surface area contributed by atoms with Crippen molar-refractivity contribution in [3.63, 3.8) is 0 Å². The van der Waals surface area contributed by atoms with Crippen molar-refractivity contribution in [3.05, 3.63) is 50.1 Å². The Labute approximate surface area is 105 Å². The van der Waals surface area contributed by atoms with Crippen molar-refractivity contribution < 1.29 is 0 Å². The largest absolute Gasteiger partial charge is 0.332 e. The highest BCUT2D eigenvalue weighted by molar-refractivity contribution is 6.30. The fourth-order valence-corrected chi connectivity index (χ4v) is 1.80. The molecule has 0 radical (unpaired) electrons. The van der Waals surface area contributed by atoms with Gasteiger partial charge in [0.2, 0.25) is 0 Å². The van der Waals surface area contributed by atoms with Crippen LogP contribution in [0.15, 0.2) is 33.9 Å². The first-order chi connectivity index (χ1) is 8.63. The third-order valence-corrected chi connectivity index (χ3v) is 2.76. The number of H-pyrrole nitrogens is 3. The highest BCUT2D eigenvalue weighted by atomic mass is 35.5. The van der Waals surface area contributed by atoms with Crippen molar-refractivity contribution in [2.75, 3.05) is 0 Å². The fraction of sp³-hybridized carbons (Fsp3) is 0. The van der Waals surface area contributed by atoms with Crippen LogP contribution in [0.5, 0.6) is 0 Å². The maximum atomic E-state index is 11.5. The maximum Gasteiger partial charge on any atom is 0.327 e. The molecule has 90 valence electrons. The van der Waals surface area contributed by atoms with E-state index in [0.717, 1.165) is 5.56 Å². The third kappa shape index (κ3) is 1.72. The van der Waals surface area contributed by atoms with Gasteiger partial charge in [0.25, 0.3) is 5.56 Å². The van der Waals surface area contributed by atoms with Crippen LogP contribution in [0.25, 0.3) is 22.6 Å². The van der Waals surface area contributed by atoms with Gasteiger partial charge < -0.3 is 4.98 Å². The monoisotopic (exact) mass is 262 g/mol. The van der Waals surface area contributed by atoms with E-state index in [2.05, 4.69) is 19.9 Å². The van der Waals surface area contributed by atoms with Crippen LogP contribution < -0.4 is 11.2 Å². The molecule has 0 aliphatic carbocycles. The maximum absolute atomic E-state index is 11.5. The van der Waals surface area contributed by atoms with E-state index in [0.29, 0.717) is 10.8 Å². The molecular weight excluding hydrogens is 256 g/mol. The number of hydrogen-bond acceptors (Lipinski definition) is 3. The van der Waals surface area contributed by atoms with Crippen molar-refractivity contribution in [2.24, 2.45) is 0 Å². The fourth-order valence-electron chi connectivity index (χ4n) is 1.68. The molecule has 0 aliphatic heterocycles. The minimum Gasteiger partial charge on any atom is -0.332 e. The summed E-state index contributed by atoms with van der Waals surface area (Å²) in [7, 11) is 0. The first kappa shape index (κ1) is 10.8. The zero-order valence-electron chi connectivity index (χ0n) is 8.95. The lowest BCUT2D eigenvalue weighted by Crippen LogP contribution is -2.21. The number of nitrogens with zero attached hydrogens (tertiary/aromatic N) is 1. The van der Waals surface area contributed by atoms with E-state index in [9.17, 15) is 9.59 Å². The van der Waals surface area contributed by atoms with Crippen LogP contribution in [0.3, 0.4) is 0 Å². The van der Waals surface area contributed by atoms with E-state index in [1.165, 1.54) is 0 Å². The van der Waals surface area contributed by atoms with Gasteiger partial charge in [0.1, 0.15) is 11.3 Å². The smallest absolute Gasteiger partial charge is 0.327 e. The molecule has 0 saturated heterocycles. The molecule has 7 heteroatoms. The van der Waals surface area contributed by atoms with Crippen LogP contribution in [-0.2, 0) is 0 Å². The highest BCUT2D eigenvalue weighted by Crippen LogP contribution is 2.19. The van der Waals surface area contributed by atoms with Crippen molar-refractivity contribution in [3.8, 4) is 11.4 Å². The van der Waals surface area contributed by atoms with Crippen LogP contribution >= 0.6 is 11.6 Å². The Kier molecular flexibility index (Phi) is 2.31. The Morgan fingerprint density at radius 1 is 1.00 bits per heavy atom. The molecular formula is C11H7ClN4O2. The van der Waals surface area contributed by atoms with E-state index in [1.807, 2.05) is 0 Å². The van der Waals surface area contributed by atoms with E-state index in [1.54, 1.807) is 24.3 Å². The van der Waals surface area contributed by atoms with Crippen molar-refractivity contribution in [1.82, 2.24) is 19.9 Å². The van der Waals surface area contributed by atoms with Crippen LogP contribution in [-0.4, -0.2) is 19.9 Å². The summed E-state index contributed by atoms with van der Waals surface area (Å²) < 4.78 is 0. The molecule has 0 atom stereocenters. The Morgan fingerprint density at radius 3 is 2.44 bits per heavy atom. The van der Waals surface area contributed by atoms with E-state index >= 15 is 0 Å². The average Bonchev–Trinajstić information content (AvgIpc) is 2.74. The topological polar surface area (TPSA) is 94.4 Å². The van der Waals surface area contributed by atoms with Gasteiger partial charge in [0, 0.05) is 10.6 Å². The minimum absolute atomic E-state index is 0.230. The summed E-state index contributed by atoms with van der Waals surface area (Å²) >= 11 is 5.79. The zero-order valence-corrected chi connectivity index (χ0v) is 9.71. The van der Waals surface area contributed by atoms with Gasteiger partial charge in [-0.2, -0.15) is 0 Å². The van der Waals surface area contributed by atoms with Crippen molar-refractivity contribution in [2.45, 2.75) is 0 Å². The first-order valence-electron chi connectivity index (χ1n) is 5.12. The van der Waals surface area contributed by atoms with Gasteiger partial charge in [-0.1, -0.05) is 11.6 Å². The summed E-state index contributed by atoms with van der Waals surface area (Å²) in [4.78, 5) is 34.2. The van der Waals surface area contributed by atoms with Gasteiger partial charge in [0.15, 0.2) is 5.65 Å². The standard InChI is InChI=1S/C11H7ClN4O2/c12-6-3-1-5(2-4-6)8-13-7-9(14-8)15-11(18)16-10(7)17/h1-4H,(H3,13,14,15,16,17,18). The zero-order chi connectivity index (χ0) is 12.7. The van der Waals surface area contributed by atoms with Gasteiger partial charge in [0.05, 0.1) is 0 Å².